The maximum atomic E-state index is 12.7. The molecular weight excluding hydrogens is 316 g/mol. The number of methoxy groups -OCH3 is 2. The zero-order valence-electron chi connectivity index (χ0n) is 14.8. The number of benzene rings is 1. The molecule has 0 spiro atoms. The molecule has 0 heterocycles. The first-order chi connectivity index (χ1) is 10.5. The van der Waals surface area contributed by atoms with E-state index in [1.807, 2.05) is 4.90 Å². The van der Waals surface area contributed by atoms with Crippen molar-refractivity contribution in [2.24, 2.45) is 0 Å². The molecule has 0 atom stereocenters. The lowest BCUT2D eigenvalue weighted by atomic mass is 10.1. The highest BCUT2D eigenvalue weighted by atomic mass is 35.5. The fourth-order valence-corrected chi connectivity index (χ4v) is 2.36. The lowest BCUT2D eigenvalue weighted by molar-refractivity contribution is -0.858. The van der Waals surface area contributed by atoms with Crippen LogP contribution in [0, 0.1) is 0 Å². The van der Waals surface area contributed by atoms with Crippen molar-refractivity contribution in [3.63, 3.8) is 0 Å². The van der Waals surface area contributed by atoms with Gasteiger partial charge < -0.3 is 31.7 Å². The molecule has 5 nitrogen and oxygen atoms in total. The molecular formula is C17H29ClN2O3. The molecule has 0 aromatic heterocycles. The van der Waals surface area contributed by atoms with E-state index in [2.05, 4.69) is 21.0 Å². The number of nitrogens with zero attached hydrogens (tertiary/aromatic N) is 1. The predicted molar refractivity (Wildman–Crippen MR) is 88.0 cm³/mol. The number of halogens is 1. The summed E-state index contributed by atoms with van der Waals surface area (Å²) in [4.78, 5) is 16.0. The summed E-state index contributed by atoms with van der Waals surface area (Å²) in [5.41, 5.74) is 0.642. The smallest absolute Gasteiger partial charge is 0.253 e. The van der Waals surface area contributed by atoms with E-state index in [1.165, 1.54) is 4.90 Å². The van der Waals surface area contributed by atoms with Crippen LogP contribution in [0.5, 0.6) is 11.5 Å². The second-order valence-electron chi connectivity index (χ2n) is 5.67. The average Bonchev–Trinajstić information content (AvgIpc) is 2.52. The largest absolute Gasteiger partial charge is 1.00 e. The molecule has 0 saturated carbocycles. The number of nitrogens with one attached hydrogen (secondary N) is 1. The van der Waals surface area contributed by atoms with Crippen LogP contribution in [0.1, 0.15) is 30.1 Å². The van der Waals surface area contributed by atoms with Crippen molar-refractivity contribution < 1.29 is 31.6 Å². The molecule has 0 bridgehead atoms. The van der Waals surface area contributed by atoms with Crippen molar-refractivity contribution >= 4 is 5.91 Å². The maximum Gasteiger partial charge on any atom is 0.253 e. The molecule has 1 N–H and O–H groups in total. The Balaban J connectivity index is 0.00000484. The Morgan fingerprint density at radius 3 is 2.30 bits per heavy atom. The van der Waals surface area contributed by atoms with Crippen molar-refractivity contribution in [1.29, 1.82) is 0 Å². The number of carbonyl (C=O) groups excluding carboxylic acids is 1. The van der Waals surface area contributed by atoms with Crippen LogP contribution >= 0.6 is 0 Å². The van der Waals surface area contributed by atoms with Crippen LogP contribution in [-0.2, 0) is 0 Å². The Labute approximate surface area is 146 Å². The fourth-order valence-electron chi connectivity index (χ4n) is 2.36. The fraction of sp³-hybridized carbons (Fsp3) is 0.588. The Hall–Kier alpha value is -1.46. The highest BCUT2D eigenvalue weighted by molar-refractivity contribution is 5.95. The Kier molecular flexibility index (Phi) is 10.4. The van der Waals surface area contributed by atoms with Crippen molar-refractivity contribution in [2.45, 2.75) is 19.8 Å². The number of rotatable bonds is 9. The zero-order valence-corrected chi connectivity index (χ0v) is 15.6. The Morgan fingerprint density at radius 2 is 1.78 bits per heavy atom. The number of quaternary nitrogens is 1. The highest BCUT2D eigenvalue weighted by Gasteiger charge is 2.17. The van der Waals surface area contributed by atoms with Crippen molar-refractivity contribution in [3.8, 4) is 11.5 Å². The van der Waals surface area contributed by atoms with Gasteiger partial charge in [-0.15, -0.1) is 0 Å². The van der Waals surface area contributed by atoms with Crippen LogP contribution in [0.25, 0.3) is 0 Å². The van der Waals surface area contributed by atoms with Gasteiger partial charge in [0.25, 0.3) is 5.91 Å². The van der Waals surface area contributed by atoms with E-state index in [1.54, 1.807) is 32.4 Å². The number of amides is 1. The molecule has 1 aromatic rings. The molecule has 0 saturated heterocycles. The lowest BCUT2D eigenvalue weighted by Crippen LogP contribution is -3.05. The van der Waals surface area contributed by atoms with Crippen LogP contribution < -0.4 is 26.8 Å². The minimum absolute atomic E-state index is 0. The maximum absolute atomic E-state index is 12.7. The topological polar surface area (TPSA) is 43.2 Å². The molecule has 0 aliphatic rings. The van der Waals surface area contributed by atoms with Gasteiger partial charge in [-0.05, 0) is 24.6 Å². The predicted octanol–water partition coefficient (Wildman–Crippen LogP) is -1.91. The molecule has 0 radical (unpaired) electrons. The van der Waals surface area contributed by atoms with Gasteiger partial charge >= 0.3 is 0 Å². The molecule has 1 amide bonds. The summed E-state index contributed by atoms with van der Waals surface area (Å²) in [6, 6.07) is 5.32. The first kappa shape index (κ1) is 21.5. The van der Waals surface area contributed by atoms with Crippen LogP contribution in [0.15, 0.2) is 18.2 Å². The van der Waals surface area contributed by atoms with Gasteiger partial charge in [0.2, 0.25) is 0 Å². The minimum Gasteiger partial charge on any atom is -1.00 e. The van der Waals surface area contributed by atoms with E-state index in [4.69, 9.17) is 9.47 Å². The van der Waals surface area contributed by atoms with E-state index < -0.39 is 0 Å². The van der Waals surface area contributed by atoms with E-state index >= 15 is 0 Å². The number of hydrogen-bond acceptors (Lipinski definition) is 3. The van der Waals surface area contributed by atoms with Crippen LogP contribution in [0.3, 0.4) is 0 Å². The standard InChI is InChI=1S/C17H28N2O3.ClH/c1-6-10-19(12-7-11-18(2)3)17(20)14-8-9-15(21-4)16(13-14)22-5;/h8-9,13H,6-7,10-12H2,1-5H3;1H. The molecule has 6 heteroatoms. The second-order valence-corrected chi connectivity index (χ2v) is 5.67. The summed E-state index contributed by atoms with van der Waals surface area (Å²) in [5.74, 6) is 1.27. The molecule has 0 aliphatic heterocycles. The lowest BCUT2D eigenvalue weighted by Gasteiger charge is -2.23. The minimum atomic E-state index is 0. The van der Waals surface area contributed by atoms with E-state index in [0.717, 1.165) is 32.5 Å². The summed E-state index contributed by atoms with van der Waals surface area (Å²) in [5, 5.41) is 0. The van der Waals surface area contributed by atoms with Crippen molar-refractivity contribution in [2.75, 3.05) is 47.9 Å². The molecule has 0 fully saturated rings. The van der Waals surface area contributed by atoms with Crippen LogP contribution in [-0.4, -0.2) is 58.8 Å². The molecule has 23 heavy (non-hydrogen) atoms. The van der Waals surface area contributed by atoms with Crippen molar-refractivity contribution in [3.05, 3.63) is 23.8 Å². The van der Waals surface area contributed by atoms with Gasteiger partial charge in [-0.3, -0.25) is 4.79 Å². The summed E-state index contributed by atoms with van der Waals surface area (Å²) >= 11 is 0. The van der Waals surface area contributed by atoms with Gasteiger partial charge in [0.05, 0.1) is 34.9 Å². The van der Waals surface area contributed by atoms with Gasteiger partial charge in [0, 0.05) is 25.1 Å². The second kappa shape index (κ2) is 11.1. The van der Waals surface area contributed by atoms with Gasteiger partial charge in [-0.1, -0.05) is 6.92 Å². The number of carbonyl (C=O) groups is 1. The van der Waals surface area contributed by atoms with Gasteiger partial charge in [0.1, 0.15) is 0 Å². The van der Waals surface area contributed by atoms with E-state index in [0.29, 0.717) is 17.1 Å². The monoisotopic (exact) mass is 344 g/mol. The average molecular weight is 345 g/mol. The van der Waals surface area contributed by atoms with Crippen LogP contribution in [0.4, 0.5) is 0 Å². The van der Waals surface area contributed by atoms with E-state index in [9.17, 15) is 4.79 Å². The third kappa shape index (κ3) is 6.67. The Morgan fingerprint density at radius 1 is 1.13 bits per heavy atom. The molecule has 0 unspecified atom stereocenters. The molecule has 0 aliphatic carbocycles. The van der Waals surface area contributed by atoms with Gasteiger partial charge in [-0.25, -0.2) is 0 Å². The third-order valence-corrected chi connectivity index (χ3v) is 3.52. The zero-order chi connectivity index (χ0) is 16.5. The summed E-state index contributed by atoms with van der Waals surface area (Å²) < 4.78 is 10.5. The third-order valence-electron chi connectivity index (χ3n) is 3.52. The normalized spacial score (nSPS) is 10.2. The number of hydrogen-bond donors (Lipinski definition) is 1. The molecule has 132 valence electrons. The quantitative estimate of drug-likeness (QED) is 0.569. The highest BCUT2D eigenvalue weighted by Crippen LogP contribution is 2.28. The first-order valence-corrected chi connectivity index (χ1v) is 7.83. The van der Waals surface area contributed by atoms with Gasteiger partial charge in [-0.2, -0.15) is 0 Å². The summed E-state index contributed by atoms with van der Waals surface area (Å²) in [6.45, 7) is 4.70. The first-order valence-electron chi connectivity index (χ1n) is 7.83. The number of ether oxygens (including phenoxy) is 2. The van der Waals surface area contributed by atoms with Gasteiger partial charge in [0.15, 0.2) is 11.5 Å². The Bertz CT molecular complexity index is 481. The van der Waals surface area contributed by atoms with E-state index in [-0.39, 0.29) is 18.3 Å². The molecule has 1 rings (SSSR count). The van der Waals surface area contributed by atoms with Crippen LogP contribution in [0.2, 0.25) is 0 Å². The summed E-state index contributed by atoms with van der Waals surface area (Å²) in [6.07, 6.45) is 1.95. The van der Waals surface area contributed by atoms with Crippen molar-refractivity contribution in [1.82, 2.24) is 4.90 Å². The SMILES string of the molecule is CCCN(CCC[NH+](C)C)C(=O)c1ccc(OC)c(OC)c1.[Cl-]. The molecule has 1 aromatic carbocycles. The summed E-state index contributed by atoms with van der Waals surface area (Å²) in [7, 11) is 7.42.